The quantitative estimate of drug-likeness (QED) is 0.259. The van der Waals surface area contributed by atoms with Crippen LogP contribution in [-0.2, 0) is 6.54 Å². The fourth-order valence-electron chi connectivity index (χ4n) is 2.65. The van der Waals surface area contributed by atoms with E-state index < -0.39 is 11.6 Å². The van der Waals surface area contributed by atoms with Crippen molar-refractivity contribution in [3.05, 3.63) is 59.2 Å². The smallest absolute Gasteiger partial charge is 0.192 e. The van der Waals surface area contributed by atoms with Gasteiger partial charge in [0.1, 0.15) is 6.61 Å². The van der Waals surface area contributed by atoms with Gasteiger partial charge in [0.25, 0.3) is 0 Å². The molecule has 2 aromatic rings. The highest BCUT2D eigenvalue weighted by Gasteiger charge is 2.11. The minimum atomic E-state index is -0.881. The Hall–Kier alpha value is -2.14. The minimum absolute atomic E-state index is 0. The molecular formula is C21H28F2IN3O3. The van der Waals surface area contributed by atoms with E-state index in [1.165, 1.54) is 12.1 Å². The first kappa shape index (κ1) is 25.9. The van der Waals surface area contributed by atoms with Crippen molar-refractivity contribution in [3.63, 3.8) is 0 Å². The molecule has 3 N–H and O–H groups in total. The maximum atomic E-state index is 13.5. The van der Waals surface area contributed by atoms with Crippen LogP contribution in [-0.4, -0.2) is 37.9 Å². The van der Waals surface area contributed by atoms with Crippen LogP contribution in [0.15, 0.2) is 41.4 Å². The lowest BCUT2D eigenvalue weighted by atomic mass is 10.1. The predicted molar refractivity (Wildman–Crippen MR) is 124 cm³/mol. The molecule has 9 heteroatoms. The molecule has 0 amide bonds. The SMILES string of the molecule is CCNC(=NCc1ccc(OCCO)c(OC)c1)NC(C)c1ccc(F)c(F)c1.I. The van der Waals surface area contributed by atoms with Crippen LogP contribution < -0.4 is 20.1 Å². The number of rotatable bonds is 9. The Labute approximate surface area is 192 Å². The van der Waals surface area contributed by atoms with Gasteiger partial charge in [0.15, 0.2) is 29.1 Å². The van der Waals surface area contributed by atoms with Gasteiger partial charge >= 0.3 is 0 Å². The number of nitrogens with zero attached hydrogens (tertiary/aromatic N) is 1. The van der Waals surface area contributed by atoms with Crippen LogP contribution >= 0.6 is 24.0 Å². The molecule has 0 heterocycles. The Balaban J connectivity index is 0.00000450. The number of guanidine groups is 1. The zero-order valence-electron chi connectivity index (χ0n) is 17.2. The second-order valence-corrected chi connectivity index (χ2v) is 6.29. The maximum Gasteiger partial charge on any atom is 0.192 e. The highest BCUT2D eigenvalue weighted by Crippen LogP contribution is 2.28. The topological polar surface area (TPSA) is 75.1 Å². The summed E-state index contributed by atoms with van der Waals surface area (Å²) in [5, 5.41) is 15.2. The number of aliphatic imine (C=N–C) groups is 1. The predicted octanol–water partition coefficient (Wildman–Crippen LogP) is 3.78. The van der Waals surface area contributed by atoms with E-state index in [0.29, 0.717) is 36.1 Å². The van der Waals surface area contributed by atoms with E-state index in [0.717, 1.165) is 11.6 Å². The lowest BCUT2D eigenvalue weighted by Crippen LogP contribution is -2.38. The first-order valence-corrected chi connectivity index (χ1v) is 9.38. The van der Waals surface area contributed by atoms with Crippen LogP contribution in [0.3, 0.4) is 0 Å². The zero-order chi connectivity index (χ0) is 21.2. The van der Waals surface area contributed by atoms with E-state index in [9.17, 15) is 8.78 Å². The average Bonchev–Trinajstić information content (AvgIpc) is 2.72. The Bertz CT molecular complexity index is 837. The van der Waals surface area contributed by atoms with E-state index >= 15 is 0 Å². The molecule has 0 radical (unpaired) electrons. The number of aliphatic hydroxyl groups is 1. The van der Waals surface area contributed by atoms with Gasteiger partial charge in [0, 0.05) is 6.54 Å². The number of hydrogen-bond donors (Lipinski definition) is 3. The summed E-state index contributed by atoms with van der Waals surface area (Å²) in [6.45, 7) is 4.91. The number of aliphatic hydroxyl groups excluding tert-OH is 1. The Morgan fingerprint density at radius 3 is 2.53 bits per heavy atom. The van der Waals surface area contributed by atoms with Gasteiger partial charge in [-0.3, -0.25) is 0 Å². The third kappa shape index (κ3) is 7.60. The van der Waals surface area contributed by atoms with Gasteiger partial charge < -0.3 is 25.2 Å². The summed E-state index contributed by atoms with van der Waals surface area (Å²) in [4.78, 5) is 4.55. The Kier molecular flexibility index (Phi) is 11.4. The van der Waals surface area contributed by atoms with Gasteiger partial charge in [-0.1, -0.05) is 12.1 Å². The first-order chi connectivity index (χ1) is 14.0. The number of ether oxygens (including phenoxy) is 2. The monoisotopic (exact) mass is 535 g/mol. The van der Waals surface area contributed by atoms with Crippen LogP contribution in [0.4, 0.5) is 8.78 Å². The summed E-state index contributed by atoms with van der Waals surface area (Å²) >= 11 is 0. The minimum Gasteiger partial charge on any atom is -0.493 e. The zero-order valence-corrected chi connectivity index (χ0v) is 19.6. The molecule has 2 aromatic carbocycles. The molecule has 1 atom stereocenters. The molecule has 0 saturated heterocycles. The van der Waals surface area contributed by atoms with Crippen LogP contribution in [0.25, 0.3) is 0 Å². The van der Waals surface area contributed by atoms with Crippen molar-refractivity contribution in [2.24, 2.45) is 4.99 Å². The van der Waals surface area contributed by atoms with Crippen molar-refractivity contribution in [2.75, 3.05) is 26.9 Å². The standard InChI is InChI=1S/C21H27F2N3O3.HI/c1-4-24-21(26-14(2)16-6-7-17(22)18(23)12-16)25-13-15-5-8-19(29-10-9-27)20(11-15)28-3;/h5-8,11-12,14,27H,4,9-10,13H2,1-3H3,(H2,24,25,26);1H. The molecule has 166 valence electrons. The molecule has 0 fully saturated rings. The molecule has 0 saturated carbocycles. The summed E-state index contributed by atoms with van der Waals surface area (Å²) in [6.07, 6.45) is 0. The third-order valence-electron chi connectivity index (χ3n) is 4.14. The molecule has 1 unspecified atom stereocenters. The summed E-state index contributed by atoms with van der Waals surface area (Å²) in [5.41, 5.74) is 1.51. The lowest BCUT2D eigenvalue weighted by Gasteiger charge is -2.18. The maximum absolute atomic E-state index is 13.5. The fraction of sp³-hybridized carbons (Fsp3) is 0.381. The molecule has 0 bridgehead atoms. The van der Waals surface area contributed by atoms with Gasteiger partial charge in [0.05, 0.1) is 26.3 Å². The van der Waals surface area contributed by atoms with Crippen molar-refractivity contribution >= 4 is 29.9 Å². The molecule has 6 nitrogen and oxygen atoms in total. The van der Waals surface area contributed by atoms with E-state index in [-0.39, 0.29) is 43.2 Å². The Morgan fingerprint density at radius 1 is 1.13 bits per heavy atom. The molecular weight excluding hydrogens is 507 g/mol. The molecule has 0 aromatic heterocycles. The molecule has 0 spiro atoms. The number of nitrogens with one attached hydrogen (secondary N) is 2. The van der Waals surface area contributed by atoms with E-state index in [1.807, 2.05) is 26.0 Å². The second-order valence-electron chi connectivity index (χ2n) is 6.29. The van der Waals surface area contributed by atoms with Crippen molar-refractivity contribution < 1.29 is 23.4 Å². The van der Waals surface area contributed by atoms with Crippen LogP contribution in [0.1, 0.15) is 31.0 Å². The highest BCUT2D eigenvalue weighted by atomic mass is 127. The van der Waals surface area contributed by atoms with Gasteiger partial charge in [0.2, 0.25) is 0 Å². The first-order valence-electron chi connectivity index (χ1n) is 9.38. The summed E-state index contributed by atoms with van der Waals surface area (Å²) in [5.74, 6) is -0.106. The molecule has 0 aliphatic carbocycles. The Morgan fingerprint density at radius 2 is 1.90 bits per heavy atom. The van der Waals surface area contributed by atoms with Gasteiger partial charge in [-0.2, -0.15) is 0 Å². The number of benzene rings is 2. The molecule has 0 aliphatic rings. The number of methoxy groups -OCH3 is 1. The number of hydrogen-bond acceptors (Lipinski definition) is 4. The van der Waals surface area contributed by atoms with Gasteiger partial charge in [-0.25, -0.2) is 13.8 Å². The van der Waals surface area contributed by atoms with Crippen molar-refractivity contribution in [1.82, 2.24) is 10.6 Å². The highest BCUT2D eigenvalue weighted by molar-refractivity contribution is 14.0. The van der Waals surface area contributed by atoms with Crippen molar-refractivity contribution in [1.29, 1.82) is 0 Å². The fourth-order valence-corrected chi connectivity index (χ4v) is 2.65. The number of halogens is 3. The van der Waals surface area contributed by atoms with Crippen LogP contribution in [0.2, 0.25) is 0 Å². The molecule has 0 aliphatic heterocycles. The van der Waals surface area contributed by atoms with E-state index in [1.54, 1.807) is 13.2 Å². The van der Waals surface area contributed by atoms with E-state index in [2.05, 4.69) is 15.6 Å². The van der Waals surface area contributed by atoms with Crippen molar-refractivity contribution in [3.8, 4) is 11.5 Å². The molecule has 2 rings (SSSR count). The second kappa shape index (κ2) is 13.2. The summed E-state index contributed by atoms with van der Waals surface area (Å²) in [6, 6.07) is 9.00. The van der Waals surface area contributed by atoms with Crippen molar-refractivity contribution in [2.45, 2.75) is 26.4 Å². The van der Waals surface area contributed by atoms with Gasteiger partial charge in [-0.05, 0) is 49.2 Å². The lowest BCUT2D eigenvalue weighted by molar-refractivity contribution is 0.196. The van der Waals surface area contributed by atoms with Crippen LogP contribution in [0, 0.1) is 11.6 Å². The normalized spacial score (nSPS) is 12.0. The average molecular weight is 535 g/mol. The van der Waals surface area contributed by atoms with Gasteiger partial charge in [-0.15, -0.1) is 24.0 Å². The molecule has 30 heavy (non-hydrogen) atoms. The largest absolute Gasteiger partial charge is 0.493 e. The summed E-state index contributed by atoms with van der Waals surface area (Å²) in [7, 11) is 1.54. The van der Waals surface area contributed by atoms with Crippen LogP contribution in [0.5, 0.6) is 11.5 Å². The van der Waals surface area contributed by atoms with E-state index in [4.69, 9.17) is 14.6 Å². The summed E-state index contributed by atoms with van der Waals surface area (Å²) < 4.78 is 37.4. The third-order valence-corrected chi connectivity index (χ3v) is 4.14.